The van der Waals surface area contributed by atoms with Gasteiger partial charge in [0.1, 0.15) is 16.4 Å². The van der Waals surface area contributed by atoms with Gasteiger partial charge in [-0.2, -0.15) is 8.42 Å². The summed E-state index contributed by atoms with van der Waals surface area (Å²) in [6, 6.07) is 10.3. The normalized spacial score (nSPS) is 18.4. The van der Waals surface area contributed by atoms with Crippen LogP contribution in [0.1, 0.15) is 51.4 Å². The van der Waals surface area contributed by atoms with Crippen molar-refractivity contribution in [1.82, 2.24) is 15.3 Å². The second-order valence-corrected chi connectivity index (χ2v) is 11.8. The summed E-state index contributed by atoms with van der Waals surface area (Å²) in [6.45, 7) is -0.128. The molecule has 0 bridgehead atoms. The Kier molecular flexibility index (Phi) is 6.97. The van der Waals surface area contributed by atoms with E-state index < -0.39 is 27.4 Å². The summed E-state index contributed by atoms with van der Waals surface area (Å²) in [7, 11) is -2.31. The molecule has 0 atom stereocenters. The van der Waals surface area contributed by atoms with Gasteiger partial charge in [0.05, 0.1) is 23.2 Å². The molecule has 12 heteroatoms. The molecule has 0 unspecified atom stereocenters. The van der Waals surface area contributed by atoms with Gasteiger partial charge in [0.25, 0.3) is 0 Å². The topological polar surface area (TPSA) is 157 Å². The number of imidazole rings is 1. The third kappa shape index (κ3) is 5.29. The van der Waals surface area contributed by atoms with Crippen LogP contribution >= 0.6 is 0 Å². The van der Waals surface area contributed by atoms with Gasteiger partial charge in [0.15, 0.2) is 0 Å². The van der Waals surface area contributed by atoms with Crippen LogP contribution in [-0.2, 0) is 10.1 Å². The van der Waals surface area contributed by atoms with Gasteiger partial charge in [0.2, 0.25) is 5.95 Å². The van der Waals surface area contributed by atoms with Crippen LogP contribution in [0.15, 0.2) is 47.4 Å². The van der Waals surface area contributed by atoms with E-state index in [0.29, 0.717) is 42.4 Å². The molecule has 11 nitrogen and oxygen atoms in total. The Hall–Kier alpha value is -3.35. The number of anilines is 2. The van der Waals surface area contributed by atoms with Gasteiger partial charge in [-0.3, -0.25) is 5.32 Å². The van der Waals surface area contributed by atoms with Crippen LogP contribution in [0.4, 0.5) is 16.4 Å². The number of rotatable bonds is 8. The van der Waals surface area contributed by atoms with Crippen LogP contribution in [0.2, 0.25) is 0 Å². The van der Waals surface area contributed by atoms with E-state index >= 15 is 0 Å². The molecule has 5 N–H and O–H groups in total. The largest absolute Gasteiger partial charge is 0.394 e. The Morgan fingerprint density at radius 1 is 1.08 bits per heavy atom. The number of aromatic nitrogens is 2. The average molecular weight is 544 g/mol. The molecule has 1 heterocycles. The van der Waals surface area contributed by atoms with Crippen molar-refractivity contribution in [2.45, 2.75) is 67.5 Å². The van der Waals surface area contributed by atoms with Gasteiger partial charge in [-0.15, -0.1) is 0 Å². The minimum Gasteiger partial charge on any atom is -0.394 e. The number of hydrogen-bond acceptors (Lipinski definition) is 8. The number of aliphatic hydroxyl groups excluding tert-OH is 1. The lowest BCUT2D eigenvalue weighted by Crippen LogP contribution is -2.50. The fraction of sp³-hybridized carbons (Fsp3) is 0.462. The van der Waals surface area contributed by atoms with Crippen molar-refractivity contribution in [3.8, 4) is 5.75 Å². The van der Waals surface area contributed by atoms with Crippen LogP contribution in [-0.4, -0.2) is 59.5 Å². The van der Waals surface area contributed by atoms with Crippen LogP contribution in [0.3, 0.4) is 0 Å². The number of nitrogens with zero attached hydrogens (tertiary/aromatic N) is 2. The first-order valence-corrected chi connectivity index (χ1v) is 14.2. The summed E-state index contributed by atoms with van der Waals surface area (Å²) in [5.74, 6) is 0.274. The Bertz CT molecular complexity index is 1410. The van der Waals surface area contributed by atoms with E-state index in [2.05, 4.69) is 20.6 Å². The number of hydrogen-bond donors (Lipinski definition) is 5. The second kappa shape index (κ2) is 10.1. The molecular weight excluding hydrogens is 510 g/mol. The fourth-order valence-electron chi connectivity index (χ4n) is 5.38. The molecule has 204 valence electrons. The monoisotopic (exact) mass is 543 g/mol. The molecule has 0 aliphatic heterocycles. The molecule has 38 heavy (non-hydrogen) atoms. The van der Waals surface area contributed by atoms with Crippen molar-refractivity contribution in [2.24, 2.45) is 0 Å². The molecule has 0 radical (unpaired) electrons. The Morgan fingerprint density at radius 2 is 1.74 bits per heavy atom. The van der Waals surface area contributed by atoms with Gasteiger partial charge in [-0.05, 0) is 74.9 Å². The first-order valence-electron chi connectivity index (χ1n) is 12.8. The number of carbonyl (C=O) groups is 1. The lowest BCUT2D eigenvalue weighted by Gasteiger charge is -2.35. The molecule has 2 aliphatic carbocycles. The smallest absolute Gasteiger partial charge is 0.339 e. The van der Waals surface area contributed by atoms with Gasteiger partial charge >= 0.3 is 16.1 Å². The minimum atomic E-state index is -4.11. The summed E-state index contributed by atoms with van der Waals surface area (Å²) in [4.78, 5) is 21.5. The molecular formula is C26H33N5O6S. The molecule has 3 aromatic rings. The SMILES string of the molecule is CN(c1ccc(S(=O)(=O)Oc2ccc3nc(NC(=O)NC4(CO)CCCC4)[nH]c3c2)cc1)C1(O)CCCC1. The van der Waals surface area contributed by atoms with Crippen LogP contribution in [0, 0.1) is 0 Å². The zero-order valence-electron chi connectivity index (χ0n) is 21.2. The van der Waals surface area contributed by atoms with Crippen LogP contribution in [0.25, 0.3) is 11.0 Å². The third-order valence-corrected chi connectivity index (χ3v) is 8.94. The molecule has 1 aromatic heterocycles. The van der Waals surface area contributed by atoms with Gasteiger partial charge < -0.3 is 29.6 Å². The highest BCUT2D eigenvalue weighted by molar-refractivity contribution is 7.87. The van der Waals surface area contributed by atoms with E-state index in [0.717, 1.165) is 25.7 Å². The van der Waals surface area contributed by atoms with Crippen LogP contribution in [0.5, 0.6) is 5.75 Å². The summed E-state index contributed by atoms with van der Waals surface area (Å²) in [5.41, 5.74) is 0.179. The van der Waals surface area contributed by atoms with Gasteiger partial charge in [0, 0.05) is 18.8 Å². The molecule has 5 rings (SSSR count). The molecule has 0 saturated heterocycles. The van der Waals surface area contributed by atoms with E-state index in [9.17, 15) is 23.4 Å². The maximum absolute atomic E-state index is 12.9. The summed E-state index contributed by atoms with van der Waals surface area (Å²) in [6.07, 6.45) is 6.58. The lowest BCUT2D eigenvalue weighted by atomic mass is 9.99. The highest BCUT2D eigenvalue weighted by atomic mass is 32.2. The highest BCUT2D eigenvalue weighted by Gasteiger charge is 2.36. The predicted molar refractivity (Wildman–Crippen MR) is 143 cm³/mol. The summed E-state index contributed by atoms with van der Waals surface area (Å²) in [5, 5.41) is 26.0. The van der Waals surface area contributed by atoms with E-state index in [1.807, 2.05) is 0 Å². The Morgan fingerprint density at radius 3 is 2.39 bits per heavy atom. The first-order chi connectivity index (χ1) is 18.1. The van der Waals surface area contributed by atoms with Crippen molar-refractivity contribution < 1.29 is 27.6 Å². The number of H-pyrrole nitrogens is 1. The predicted octanol–water partition coefficient (Wildman–Crippen LogP) is 3.46. The van der Waals surface area contributed by atoms with E-state index in [1.54, 1.807) is 30.1 Å². The average Bonchev–Trinajstić information content (AvgIpc) is 3.64. The maximum Gasteiger partial charge on any atom is 0.339 e. The van der Waals surface area contributed by atoms with Crippen molar-refractivity contribution in [1.29, 1.82) is 0 Å². The molecule has 2 aromatic carbocycles. The summed E-state index contributed by atoms with van der Waals surface area (Å²) < 4.78 is 31.2. The van der Waals surface area contributed by atoms with E-state index in [1.165, 1.54) is 24.3 Å². The fourth-order valence-corrected chi connectivity index (χ4v) is 6.30. The number of carbonyl (C=O) groups excluding carboxylic acids is 1. The minimum absolute atomic E-state index is 0.0125. The van der Waals surface area contributed by atoms with Crippen molar-refractivity contribution in [2.75, 3.05) is 23.9 Å². The van der Waals surface area contributed by atoms with Crippen LogP contribution < -0.4 is 19.7 Å². The Balaban J connectivity index is 1.26. The summed E-state index contributed by atoms with van der Waals surface area (Å²) >= 11 is 0. The van der Waals surface area contributed by atoms with Crippen molar-refractivity contribution in [3.63, 3.8) is 0 Å². The number of amides is 2. The van der Waals surface area contributed by atoms with Crippen molar-refractivity contribution in [3.05, 3.63) is 42.5 Å². The zero-order chi connectivity index (χ0) is 27.0. The zero-order valence-corrected chi connectivity index (χ0v) is 22.1. The van der Waals surface area contributed by atoms with Gasteiger partial charge in [-0.1, -0.05) is 12.8 Å². The molecule has 2 saturated carbocycles. The number of aromatic amines is 1. The maximum atomic E-state index is 12.9. The van der Waals surface area contributed by atoms with E-state index in [-0.39, 0.29) is 23.2 Å². The van der Waals surface area contributed by atoms with Crippen molar-refractivity contribution >= 4 is 38.8 Å². The van der Waals surface area contributed by atoms with Gasteiger partial charge in [-0.25, -0.2) is 9.78 Å². The first kappa shape index (κ1) is 26.3. The second-order valence-electron chi connectivity index (χ2n) is 10.3. The van der Waals surface area contributed by atoms with E-state index in [4.69, 9.17) is 4.18 Å². The number of nitrogens with one attached hydrogen (secondary N) is 3. The Labute approximate surface area is 221 Å². The number of fused-ring (bicyclic) bond motifs is 1. The lowest BCUT2D eigenvalue weighted by molar-refractivity contribution is 0.0489. The number of urea groups is 1. The number of benzene rings is 2. The molecule has 2 amide bonds. The third-order valence-electron chi connectivity index (χ3n) is 7.67. The highest BCUT2D eigenvalue weighted by Crippen LogP contribution is 2.35. The molecule has 2 aliphatic rings. The molecule has 0 spiro atoms. The number of aliphatic hydroxyl groups is 2. The quantitative estimate of drug-likeness (QED) is 0.214. The molecule has 2 fully saturated rings. The standard InChI is InChI=1S/C26H33N5O6S/c1-31(26(34)14-4-5-15-26)18-6-9-20(10-7-18)38(35,36)37-19-8-11-21-22(16-19)28-23(27-21)29-24(33)30-25(17-32)12-2-3-13-25/h6-11,16,32,34H,2-5,12-15,17H2,1H3,(H3,27,28,29,30,33).